The summed E-state index contributed by atoms with van der Waals surface area (Å²) in [5.41, 5.74) is 1.21. The van der Waals surface area contributed by atoms with Gasteiger partial charge in [0.05, 0.1) is 18.1 Å². The zero-order chi connectivity index (χ0) is 15.3. The Morgan fingerprint density at radius 1 is 1.00 bits per heavy atom. The van der Waals surface area contributed by atoms with E-state index in [0.29, 0.717) is 23.5 Å². The van der Waals surface area contributed by atoms with Crippen molar-refractivity contribution in [1.82, 2.24) is 0 Å². The van der Waals surface area contributed by atoms with Crippen molar-refractivity contribution in [2.45, 2.75) is 18.4 Å². The molecule has 0 atom stereocenters. The van der Waals surface area contributed by atoms with Crippen LogP contribution in [0, 0.1) is 5.82 Å². The molecule has 0 N–H and O–H groups in total. The minimum Gasteiger partial charge on any atom is -0.494 e. The summed E-state index contributed by atoms with van der Waals surface area (Å²) < 4.78 is 42.8. The molecule has 112 valence electrons. The summed E-state index contributed by atoms with van der Waals surface area (Å²) in [6, 6.07) is 12.6. The zero-order valence-corrected chi connectivity index (χ0v) is 12.6. The quantitative estimate of drug-likeness (QED) is 0.822. The molecule has 0 saturated heterocycles. The molecule has 0 aliphatic carbocycles. The van der Waals surface area contributed by atoms with Crippen molar-refractivity contribution in [3.05, 3.63) is 65.5 Å². The zero-order valence-electron chi connectivity index (χ0n) is 11.8. The number of halogens is 1. The molecule has 2 rings (SSSR count). The molecule has 21 heavy (non-hydrogen) atoms. The van der Waals surface area contributed by atoms with E-state index in [-0.39, 0.29) is 17.3 Å². The molecule has 0 aliphatic rings. The second-order valence-corrected chi connectivity index (χ2v) is 6.76. The maximum absolute atomic E-state index is 12.8. The van der Waals surface area contributed by atoms with Crippen molar-refractivity contribution in [2.75, 3.05) is 6.61 Å². The predicted octanol–water partition coefficient (Wildman–Crippen LogP) is 3.34. The number of benzene rings is 2. The van der Waals surface area contributed by atoms with Gasteiger partial charge in [-0.3, -0.25) is 0 Å². The van der Waals surface area contributed by atoms with Gasteiger partial charge in [-0.1, -0.05) is 30.3 Å². The number of rotatable bonds is 6. The Bertz CT molecular complexity index is 694. The number of hydrogen-bond acceptors (Lipinski definition) is 3. The second kappa shape index (κ2) is 6.72. The maximum atomic E-state index is 12.8. The summed E-state index contributed by atoms with van der Waals surface area (Å²) in [5.74, 6) is -0.00518. The Balaban J connectivity index is 2.16. The number of sulfone groups is 1. The minimum absolute atomic E-state index is 0.0967. The highest BCUT2D eigenvalue weighted by atomic mass is 32.2. The van der Waals surface area contributed by atoms with Crippen LogP contribution in [0.5, 0.6) is 5.75 Å². The Morgan fingerprint density at radius 3 is 2.33 bits per heavy atom. The number of ether oxygens (including phenoxy) is 1. The molecule has 0 heterocycles. The van der Waals surface area contributed by atoms with Gasteiger partial charge in [0.25, 0.3) is 0 Å². The lowest BCUT2D eigenvalue weighted by Crippen LogP contribution is -2.09. The van der Waals surface area contributed by atoms with Crippen molar-refractivity contribution in [2.24, 2.45) is 0 Å². The first-order valence-corrected chi connectivity index (χ1v) is 8.48. The van der Waals surface area contributed by atoms with Crippen molar-refractivity contribution < 1.29 is 17.5 Å². The molecular weight excluding hydrogens is 291 g/mol. The van der Waals surface area contributed by atoms with Crippen LogP contribution in [0.15, 0.2) is 48.5 Å². The van der Waals surface area contributed by atoms with E-state index in [4.69, 9.17) is 4.74 Å². The first kappa shape index (κ1) is 15.5. The van der Waals surface area contributed by atoms with Gasteiger partial charge in [-0.25, -0.2) is 12.8 Å². The van der Waals surface area contributed by atoms with Gasteiger partial charge in [0, 0.05) is 5.56 Å². The van der Waals surface area contributed by atoms with Crippen molar-refractivity contribution in [3.8, 4) is 5.75 Å². The van der Waals surface area contributed by atoms with E-state index in [0.717, 1.165) is 0 Å². The molecule has 0 radical (unpaired) electrons. The molecule has 0 unspecified atom stereocenters. The predicted molar refractivity (Wildman–Crippen MR) is 80.3 cm³/mol. The van der Waals surface area contributed by atoms with E-state index >= 15 is 0 Å². The molecule has 0 bridgehead atoms. The SMILES string of the molecule is CCOc1ccccc1CS(=O)(=O)Cc1ccc(F)cc1. The maximum Gasteiger partial charge on any atom is 0.158 e. The lowest BCUT2D eigenvalue weighted by Gasteiger charge is -2.10. The van der Waals surface area contributed by atoms with Crippen LogP contribution in [0.2, 0.25) is 0 Å². The molecule has 5 heteroatoms. The second-order valence-electron chi connectivity index (χ2n) is 4.70. The molecule has 0 aliphatic heterocycles. The lowest BCUT2D eigenvalue weighted by atomic mass is 10.2. The van der Waals surface area contributed by atoms with Gasteiger partial charge in [-0.2, -0.15) is 0 Å². The van der Waals surface area contributed by atoms with E-state index in [1.165, 1.54) is 24.3 Å². The molecule has 0 aromatic heterocycles. The third kappa shape index (κ3) is 4.56. The third-order valence-electron chi connectivity index (χ3n) is 2.95. The van der Waals surface area contributed by atoms with E-state index < -0.39 is 9.84 Å². The fraction of sp³-hybridized carbons (Fsp3) is 0.250. The average molecular weight is 308 g/mol. The van der Waals surface area contributed by atoms with Crippen molar-refractivity contribution >= 4 is 9.84 Å². The Hall–Kier alpha value is -1.88. The molecule has 0 amide bonds. The van der Waals surface area contributed by atoms with Gasteiger partial charge in [0.1, 0.15) is 11.6 Å². The molecule has 2 aromatic rings. The van der Waals surface area contributed by atoms with Crippen molar-refractivity contribution in [3.63, 3.8) is 0 Å². The van der Waals surface area contributed by atoms with E-state index in [2.05, 4.69) is 0 Å². The molecule has 0 spiro atoms. The highest BCUT2D eigenvalue weighted by Gasteiger charge is 2.16. The summed E-state index contributed by atoms with van der Waals surface area (Å²) in [6.07, 6.45) is 0. The van der Waals surface area contributed by atoms with Crippen LogP contribution in [0.4, 0.5) is 4.39 Å². The molecule has 0 saturated carbocycles. The van der Waals surface area contributed by atoms with E-state index in [9.17, 15) is 12.8 Å². The largest absolute Gasteiger partial charge is 0.494 e. The van der Waals surface area contributed by atoms with Gasteiger partial charge in [0.15, 0.2) is 9.84 Å². The smallest absolute Gasteiger partial charge is 0.158 e. The van der Waals surface area contributed by atoms with Crippen LogP contribution in [0.3, 0.4) is 0 Å². The first-order chi connectivity index (χ1) is 10.00. The Kier molecular flexibility index (Phi) is 4.96. The first-order valence-electron chi connectivity index (χ1n) is 6.66. The molecule has 3 nitrogen and oxygen atoms in total. The summed E-state index contributed by atoms with van der Waals surface area (Å²) in [6.45, 7) is 2.33. The van der Waals surface area contributed by atoms with Gasteiger partial charge < -0.3 is 4.74 Å². The fourth-order valence-electron chi connectivity index (χ4n) is 2.04. The summed E-state index contributed by atoms with van der Waals surface area (Å²) in [5, 5.41) is 0. The Labute approximate surface area is 124 Å². The van der Waals surface area contributed by atoms with Crippen LogP contribution in [0.25, 0.3) is 0 Å². The van der Waals surface area contributed by atoms with Gasteiger partial charge >= 0.3 is 0 Å². The average Bonchev–Trinajstić information content (AvgIpc) is 2.43. The van der Waals surface area contributed by atoms with Gasteiger partial charge in [-0.05, 0) is 30.7 Å². The lowest BCUT2D eigenvalue weighted by molar-refractivity contribution is 0.337. The molecule has 2 aromatic carbocycles. The third-order valence-corrected chi connectivity index (χ3v) is 4.47. The van der Waals surface area contributed by atoms with Crippen LogP contribution in [-0.2, 0) is 21.3 Å². The highest BCUT2D eigenvalue weighted by molar-refractivity contribution is 7.89. The minimum atomic E-state index is -3.34. The van der Waals surface area contributed by atoms with Gasteiger partial charge in [0.2, 0.25) is 0 Å². The Morgan fingerprint density at radius 2 is 1.67 bits per heavy atom. The molecular formula is C16H17FO3S. The van der Waals surface area contributed by atoms with Gasteiger partial charge in [-0.15, -0.1) is 0 Å². The summed E-state index contributed by atoms with van der Waals surface area (Å²) in [4.78, 5) is 0. The normalized spacial score (nSPS) is 11.3. The van der Waals surface area contributed by atoms with Crippen LogP contribution in [-0.4, -0.2) is 15.0 Å². The summed E-state index contributed by atoms with van der Waals surface area (Å²) >= 11 is 0. The number of hydrogen-bond donors (Lipinski definition) is 0. The monoisotopic (exact) mass is 308 g/mol. The topological polar surface area (TPSA) is 43.4 Å². The summed E-state index contributed by atoms with van der Waals surface area (Å²) in [7, 11) is -3.34. The fourth-order valence-corrected chi connectivity index (χ4v) is 3.56. The highest BCUT2D eigenvalue weighted by Crippen LogP contribution is 2.22. The van der Waals surface area contributed by atoms with E-state index in [1.54, 1.807) is 24.3 Å². The van der Waals surface area contributed by atoms with Crippen LogP contribution in [0.1, 0.15) is 18.1 Å². The van der Waals surface area contributed by atoms with Crippen molar-refractivity contribution in [1.29, 1.82) is 0 Å². The standard InChI is InChI=1S/C16H17FO3S/c1-2-20-16-6-4-3-5-14(16)12-21(18,19)11-13-7-9-15(17)10-8-13/h3-10H,2,11-12H2,1H3. The van der Waals surface area contributed by atoms with Crippen LogP contribution >= 0.6 is 0 Å². The number of para-hydroxylation sites is 1. The molecule has 0 fully saturated rings. The van der Waals surface area contributed by atoms with Crippen LogP contribution < -0.4 is 4.74 Å². The van der Waals surface area contributed by atoms with E-state index in [1.807, 2.05) is 6.92 Å².